The first kappa shape index (κ1) is 18.7. The van der Waals surface area contributed by atoms with Gasteiger partial charge in [-0.2, -0.15) is 13.2 Å². The molecule has 0 unspecified atom stereocenters. The molecule has 8 heteroatoms. The summed E-state index contributed by atoms with van der Waals surface area (Å²) in [6, 6.07) is 5.70. The summed E-state index contributed by atoms with van der Waals surface area (Å²) in [4.78, 5) is 11.8. The van der Waals surface area contributed by atoms with Gasteiger partial charge >= 0.3 is 6.18 Å². The lowest BCUT2D eigenvalue weighted by atomic mass is 10.1. The second kappa shape index (κ2) is 7.53. The van der Waals surface area contributed by atoms with E-state index in [1.54, 1.807) is 0 Å². The summed E-state index contributed by atoms with van der Waals surface area (Å²) in [5, 5.41) is 2.02. The van der Waals surface area contributed by atoms with Crippen molar-refractivity contribution >= 4 is 17.5 Å². The van der Waals surface area contributed by atoms with Crippen LogP contribution in [-0.4, -0.2) is 12.5 Å². The van der Waals surface area contributed by atoms with Gasteiger partial charge in [0.2, 0.25) is 0 Å². The molecule has 2 rings (SSSR count). The fourth-order valence-electron chi connectivity index (χ4n) is 1.84. The fourth-order valence-corrected chi connectivity index (χ4v) is 2.07. The van der Waals surface area contributed by atoms with Crippen molar-refractivity contribution in [2.45, 2.75) is 6.18 Å². The first-order chi connectivity index (χ1) is 11.7. The van der Waals surface area contributed by atoms with E-state index in [9.17, 15) is 26.7 Å². The molecule has 0 saturated heterocycles. The molecule has 0 saturated carbocycles. The van der Waals surface area contributed by atoms with E-state index in [0.29, 0.717) is 12.1 Å². The van der Waals surface area contributed by atoms with E-state index in [0.717, 1.165) is 12.1 Å². The summed E-state index contributed by atoms with van der Waals surface area (Å²) in [6.07, 6.45) is -4.48. The number of rotatable bonds is 2. The van der Waals surface area contributed by atoms with Gasteiger partial charge in [-0.25, -0.2) is 8.78 Å². The van der Waals surface area contributed by atoms with Gasteiger partial charge < -0.3 is 5.32 Å². The molecule has 1 N–H and O–H groups in total. The lowest BCUT2D eigenvalue weighted by Crippen LogP contribution is -2.24. The Morgan fingerprint density at radius 2 is 1.80 bits per heavy atom. The molecular formula is C17H9ClF5NO. The summed E-state index contributed by atoms with van der Waals surface area (Å²) in [7, 11) is 0. The van der Waals surface area contributed by atoms with Crippen molar-refractivity contribution in [3.63, 3.8) is 0 Å². The van der Waals surface area contributed by atoms with Crippen LogP contribution in [0.4, 0.5) is 22.0 Å². The molecule has 0 bridgehead atoms. The second-order valence-electron chi connectivity index (χ2n) is 4.81. The average Bonchev–Trinajstić information content (AvgIpc) is 2.54. The highest BCUT2D eigenvalue weighted by Gasteiger charge is 2.30. The van der Waals surface area contributed by atoms with Crippen LogP contribution >= 0.6 is 11.6 Å². The lowest BCUT2D eigenvalue weighted by molar-refractivity contribution is -0.137. The number of carbonyl (C=O) groups excluding carboxylic acids is 1. The third-order valence-electron chi connectivity index (χ3n) is 3.01. The molecule has 2 aromatic rings. The highest BCUT2D eigenvalue weighted by molar-refractivity contribution is 6.33. The van der Waals surface area contributed by atoms with Crippen LogP contribution in [0.1, 0.15) is 21.5 Å². The van der Waals surface area contributed by atoms with Crippen molar-refractivity contribution in [3.8, 4) is 11.8 Å². The molecule has 0 heterocycles. The van der Waals surface area contributed by atoms with Crippen molar-refractivity contribution in [2.75, 3.05) is 6.54 Å². The van der Waals surface area contributed by atoms with Crippen molar-refractivity contribution in [2.24, 2.45) is 0 Å². The van der Waals surface area contributed by atoms with Crippen LogP contribution < -0.4 is 5.32 Å². The number of alkyl halides is 3. The Bertz CT molecular complexity index is 868. The van der Waals surface area contributed by atoms with Gasteiger partial charge in [0, 0.05) is 5.56 Å². The minimum Gasteiger partial charge on any atom is -0.341 e. The van der Waals surface area contributed by atoms with Crippen LogP contribution in [0.3, 0.4) is 0 Å². The van der Waals surface area contributed by atoms with Gasteiger partial charge in [-0.05, 0) is 30.3 Å². The van der Waals surface area contributed by atoms with Crippen LogP contribution in [0.2, 0.25) is 5.02 Å². The molecule has 0 radical (unpaired) electrons. The van der Waals surface area contributed by atoms with Gasteiger partial charge in [0.1, 0.15) is 0 Å². The Kier molecular flexibility index (Phi) is 5.65. The zero-order valence-electron chi connectivity index (χ0n) is 12.3. The molecule has 1 amide bonds. The monoisotopic (exact) mass is 373 g/mol. The van der Waals surface area contributed by atoms with E-state index in [-0.39, 0.29) is 22.7 Å². The maximum absolute atomic E-state index is 13.1. The normalized spacial score (nSPS) is 10.8. The molecular weight excluding hydrogens is 365 g/mol. The van der Waals surface area contributed by atoms with E-state index >= 15 is 0 Å². The molecule has 0 aliphatic heterocycles. The number of hydrogen-bond donors (Lipinski definition) is 1. The number of amides is 1. The smallest absolute Gasteiger partial charge is 0.341 e. The molecule has 0 aliphatic rings. The quantitative estimate of drug-likeness (QED) is 0.471. The topological polar surface area (TPSA) is 29.1 Å². The van der Waals surface area contributed by atoms with Crippen molar-refractivity contribution in [1.29, 1.82) is 0 Å². The molecule has 130 valence electrons. The molecule has 0 atom stereocenters. The highest BCUT2D eigenvalue weighted by atomic mass is 35.5. The zero-order valence-corrected chi connectivity index (χ0v) is 13.1. The van der Waals surface area contributed by atoms with Gasteiger partial charge in [-0.15, -0.1) is 0 Å². The number of hydrogen-bond acceptors (Lipinski definition) is 1. The molecule has 0 aromatic heterocycles. The van der Waals surface area contributed by atoms with Crippen LogP contribution in [0.15, 0.2) is 36.4 Å². The maximum Gasteiger partial charge on any atom is 0.416 e. The van der Waals surface area contributed by atoms with Crippen molar-refractivity contribution < 1.29 is 26.7 Å². The largest absolute Gasteiger partial charge is 0.416 e. The maximum atomic E-state index is 13.1. The Balaban J connectivity index is 2.04. The van der Waals surface area contributed by atoms with Crippen LogP contribution in [0.5, 0.6) is 0 Å². The summed E-state index contributed by atoms with van der Waals surface area (Å²) in [5.74, 6) is 1.72. The molecule has 0 fully saturated rings. The van der Waals surface area contributed by atoms with Crippen molar-refractivity contribution in [1.82, 2.24) is 5.32 Å². The Hall–Kier alpha value is -2.59. The van der Waals surface area contributed by atoms with Gasteiger partial charge in [-0.3, -0.25) is 4.79 Å². The zero-order chi connectivity index (χ0) is 18.6. The van der Waals surface area contributed by atoms with E-state index in [1.807, 2.05) is 0 Å². The van der Waals surface area contributed by atoms with Gasteiger partial charge in [-0.1, -0.05) is 29.5 Å². The first-order valence-corrected chi connectivity index (χ1v) is 7.15. The molecule has 2 aromatic carbocycles. The van der Waals surface area contributed by atoms with Crippen LogP contribution in [0.25, 0.3) is 0 Å². The average molecular weight is 374 g/mol. The van der Waals surface area contributed by atoms with E-state index in [2.05, 4.69) is 17.2 Å². The Morgan fingerprint density at radius 1 is 1.12 bits per heavy atom. The predicted molar refractivity (Wildman–Crippen MR) is 82.0 cm³/mol. The second-order valence-corrected chi connectivity index (χ2v) is 5.22. The molecule has 25 heavy (non-hydrogen) atoms. The molecule has 0 spiro atoms. The van der Waals surface area contributed by atoms with Gasteiger partial charge in [0.15, 0.2) is 11.6 Å². The Morgan fingerprint density at radius 3 is 2.48 bits per heavy atom. The first-order valence-electron chi connectivity index (χ1n) is 6.77. The van der Waals surface area contributed by atoms with Gasteiger partial charge in [0.25, 0.3) is 5.91 Å². The third-order valence-corrected chi connectivity index (χ3v) is 3.33. The molecule has 0 aliphatic carbocycles. The van der Waals surface area contributed by atoms with E-state index in [4.69, 9.17) is 11.6 Å². The number of nitrogens with one attached hydrogen (secondary N) is 1. The van der Waals surface area contributed by atoms with Gasteiger partial charge in [0.05, 0.1) is 22.7 Å². The summed E-state index contributed by atoms with van der Waals surface area (Å²) >= 11 is 5.66. The number of benzene rings is 2. The SMILES string of the molecule is O=C(NCC#Cc1cccc(C(F)(F)F)c1)c1cc(F)c(F)cc1Cl. The molecule has 2 nitrogen and oxygen atoms in total. The number of halogens is 6. The lowest BCUT2D eigenvalue weighted by Gasteiger charge is -2.06. The summed E-state index contributed by atoms with van der Waals surface area (Å²) < 4.78 is 63.8. The van der Waals surface area contributed by atoms with Crippen LogP contribution in [0, 0.1) is 23.5 Å². The minimum atomic E-state index is -4.48. The standard InChI is InChI=1S/C17H9ClF5NO/c18-13-9-15(20)14(19)8-12(13)16(25)24-6-2-4-10-3-1-5-11(7-10)17(21,22)23/h1,3,5,7-9H,6H2,(H,24,25). The fraction of sp³-hybridized carbons (Fsp3) is 0.118. The Labute approximate surface area is 144 Å². The predicted octanol–water partition coefficient (Wildman–Crippen LogP) is 4.42. The van der Waals surface area contributed by atoms with E-state index in [1.165, 1.54) is 12.1 Å². The van der Waals surface area contributed by atoms with Crippen LogP contribution in [-0.2, 0) is 6.18 Å². The summed E-state index contributed by atoms with van der Waals surface area (Å²) in [6.45, 7) is -0.218. The summed E-state index contributed by atoms with van der Waals surface area (Å²) in [5.41, 5.74) is -0.992. The highest BCUT2D eigenvalue weighted by Crippen LogP contribution is 2.29. The number of carbonyl (C=O) groups is 1. The third kappa shape index (κ3) is 4.94. The van der Waals surface area contributed by atoms with Crippen molar-refractivity contribution in [3.05, 3.63) is 69.7 Å². The minimum absolute atomic E-state index is 0.120. The van der Waals surface area contributed by atoms with E-state index < -0.39 is 29.3 Å².